The summed E-state index contributed by atoms with van der Waals surface area (Å²) in [5.41, 5.74) is 1.87. The number of rotatable bonds is 5. The first kappa shape index (κ1) is 19.5. The van der Waals surface area contributed by atoms with Crippen LogP contribution in [0.3, 0.4) is 0 Å². The second-order valence-corrected chi connectivity index (χ2v) is 11.7. The molecule has 3 aliphatic rings. The highest BCUT2D eigenvalue weighted by Crippen LogP contribution is 2.65. The number of hydrogen-bond donors (Lipinski definition) is 1. The highest BCUT2D eigenvalue weighted by Gasteiger charge is 2.61. The highest BCUT2D eigenvalue weighted by atomic mass is 32.2. The number of hydrogen-bond acceptors (Lipinski definition) is 4. The van der Waals surface area contributed by atoms with E-state index < -0.39 is 0 Å². The molecule has 3 nitrogen and oxygen atoms in total. The number of benzene rings is 1. The van der Waals surface area contributed by atoms with Gasteiger partial charge in [0.1, 0.15) is 5.75 Å². The van der Waals surface area contributed by atoms with Crippen molar-refractivity contribution in [2.45, 2.75) is 57.1 Å². The van der Waals surface area contributed by atoms with Gasteiger partial charge in [-0.2, -0.15) is 0 Å². The van der Waals surface area contributed by atoms with Crippen molar-refractivity contribution >= 4 is 29.4 Å². The molecule has 1 N–H and O–H groups in total. The standard InChI is InChI=1S/C22H31NO2S2/c1-21(2)16-9-10-22(21,3)18(13-16)23-19(24)14-25-17-7-5-15(6-8-17)20-26-11-4-12-27-20/h5-8,16,18,20H,4,9-14H2,1-3H3,(H,23,24). The normalized spacial score (nSPS) is 32.4. The van der Waals surface area contributed by atoms with Gasteiger partial charge in [0, 0.05) is 6.04 Å². The first-order valence-corrected chi connectivity index (χ1v) is 12.3. The van der Waals surface area contributed by atoms with Crippen molar-refractivity contribution in [3.05, 3.63) is 29.8 Å². The van der Waals surface area contributed by atoms with E-state index in [1.165, 1.54) is 36.3 Å². The van der Waals surface area contributed by atoms with Crippen molar-refractivity contribution in [2.75, 3.05) is 18.1 Å². The molecule has 0 spiro atoms. The average molecular weight is 406 g/mol. The summed E-state index contributed by atoms with van der Waals surface area (Å²) in [6, 6.07) is 8.57. The van der Waals surface area contributed by atoms with E-state index >= 15 is 0 Å². The monoisotopic (exact) mass is 405 g/mol. The van der Waals surface area contributed by atoms with Gasteiger partial charge in [-0.05, 0) is 71.6 Å². The maximum Gasteiger partial charge on any atom is 0.258 e. The molecule has 27 heavy (non-hydrogen) atoms. The molecule has 5 heteroatoms. The van der Waals surface area contributed by atoms with Gasteiger partial charge in [0.25, 0.3) is 5.91 Å². The zero-order valence-electron chi connectivity index (χ0n) is 16.6. The van der Waals surface area contributed by atoms with Gasteiger partial charge >= 0.3 is 0 Å². The molecule has 2 saturated carbocycles. The van der Waals surface area contributed by atoms with Gasteiger partial charge in [-0.3, -0.25) is 4.79 Å². The molecule has 0 radical (unpaired) electrons. The van der Waals surface area contributed by atoms with Gasteiger partial charge in [0.2, 0.25) is 0 Å². The van der Waals surface area contributed by atoms with E-state index in [0.29, 0.717) is 10.00 Å². The summed E-state index contributed by atoms with van der Waals surface area (Å²) >= 11 is 4.04. The Hall–Kier alpha value is -0.810. The van der Waals surface area contributed by atoms with Crippen molar-refractivity contribution in [1.29, 1.82) is 0 Å². The summed E-state index contributed by atoms with van der Waals surface area (Å²) in [5, 5.41) is 3.27. The lowest BCUT2D eigenvalue weighted by molar-refractivity contribution is -0.124. The minimum atomic E-state index is 0.00652. The van der Waals surface area contributed by atoms with Crippen LogP contribution in [0.2, 0.25) is 0 Å². The van der Waals surface area contributed by atoms with Gasteiger partial charge < -0.3 is 10.1 Å². The third-order valence-corrected chi connectivity index (χ3v) is 10.5. The molecule has 1 saturated heterocycles. The van der Waals surface area contributed by atoms with Crippen LogP contribution < -0.4 is 10.1 Å². The van der Waals surface area contributed by atoms with Crippen LogP contribution in [0.5, 0.6) is 5.75 Å². The Morgan fingerprint density at radius 2 is 1.89 bits per heavy atom. The molecule has 1 aromatic carbocycles. The summed E-state index contributed by atoms with van der Waals surface area (Å²) in [7, 11) is 0. The van der Waals surface area contributed by atoms with Crippen LogP contribution in [0.15, 0.2) is 24.3 Å². The molecule has 1 amide bonds. The fourth-order valence-electron chi connectivity index (χ4n) is 5.21. The van der Waals surface area contributed by atoms with Crippen LogP contribution in [-0.4, -0.2) is 30.1 Å². The molecule has 2 aliphatic carbocycles. The number of ether oxygens (including phenoxy) is 1. The summed E-state index contributed by atoms with van der Waals surface area (Å²) in [6.45, 7) is 7.20. The first-order valence-electron chi connectivity index (χ1n) is 10.2. The second kappa shape index (κ2) is 7.55. The smallest absolute Gasteiger partial charge is 0.258 e. The molecule has 4 rings (SSSR count). The van der Waals surface area contributed by atoms with Crippen molar-refractivity contribution < 1.29 is 9.53 Å². The van der Waals surface area contributed by atoms with Crippen molar-refractivity contribution in [2.24, 2.45) is 16.7 Å². The molecule has 3 fully saturated rings. The van der Waals surface area contributed by atoms with E-state index in [1.807, 2.05) is 35.7 Å². The largest absolute Gasteiger partial charge is 0.484 e. The van der Waals surface area contributed by atoms with Crippen molar-refractivity contribution in [3.8, 4) is 5.75 Å². The molecule has 1 heterocycles. The molecule has 2 bridgehead atoms. The van der Waals surface area contributed by atoms with Crippen molar-refractivity contribution in [3.63, 3.8) is 0 Å². The molecular formula is C22H31NO2S2. The summed E-state index contributed by atoms with van der Waals surface area (Å²) in [4.78, 5) is 12.5. The van der Waals surface area contributed by atoms with Gasteiger partial charge in [0.05, 0.1) is 4.58 Å². The summed E-state index contributed by atoms with van der Waals surface area (Å²) < 4.78 is 6.30. The van der Waals surface area contributed by atoms with E-state index in [2.05, 4.69) is 38.2 Å². The molecule has 3 unspecified atom stereocenters. The molecular weight excluding hydrogens is 374 g/mol. The minimum Gasteiger partial charge on any atom is -0.484 e. The number of nitrogens with one attached hydrogen (secondary N) is 1. The lowest BCUT2D eigenvalue weighted by atomic mass is 9.69. The zero-order valence-corrected chi connectivity index (χ0v) is 18.3. The summed E-state index contributed by atoms with van der Waals surface area (Å²) in [6.07, 6.45) is 4.94. The van der Waals surface area contributed by atoms with E-state index in [0.717, 1.165) is 18.1 Å². The fraction of sp³-hybridized carbons (Fsp3) is 0.682. The Morgan fingerprint density at radius 3 is 2.48 bits per heavy atom. The van der Waals surface area contributed by atoms with Crippen LogP contribution in [-0.2, 0) is 4.79 Å². The predicted octanol–water partition coefficient (Wildman–Crippen LogP) is 5.27. The SMILES string of the molecule is CC1(C)C2CCC1(C)C(NC(=O)COc1ccc(C3SCCCS3)cc1)C2. The lowest BCUT2D eigenvalue weighted by Gasteiger charge is -2.39. The number of carbonyl (C=O) groups excluding carboxylic acids is 1. The topological polar surface area (TPSA) is 38.3 Å². The average Bonchev–Trinajstić information content (AvgIpc) is 3.01. The van der Waals surface area contributed by atoms with Crippen molar-refractivity contribution in [1.82, 2.24) is 5.32 Å². The summed E-state index contributed by atoms with van der Waals surface area (Å²) in [5.74, 6) is 4.00. The fourth-order valence-corrected chi connectivity index (χ4v) is 8.10. The quantitative estimate of drug-likeness (QED) is 0.725. The van der Waals surface area contributed by atoms with Crippen LogP contribution in [0.25, 0.3) is 0 Å². The zero-order chi connectivity index (χ0) is 19.1. The number of thioether (sulfide) groups is 2. The third-order valence-electron chi connectivity index (χ3n) is 7.48. The molecule has 3 atom stereocenters. The number of carbonyl (C=O) groups is 1. The van der Waals surface area contributed by atoms with Crippen LogP contribution in [0, 0.1) is 16.7 Å². The second-order valence-electron chi connectivity index (χ2n) is 9.02. The maximum atomic E-state index is 12.5. The van der Waals surface area contributed by atoms with E-state index in [9.17, 15) is 4.79 Å². The van der Waals surface area contributed by atoms with Gasteiger partial charge in [0.15, 0.2) is 6.61 Å². The molecule has 0 aromatic heterocycles. The number of fused-ring (bicyclic) bond motifs is 2. The predicted molar refractivity (Wildman–Crippen MR) is 115 cm³/mol. The Kier molecular flexibility index (Phi) is 5.45. The van der Waals surface area contributed by atoms with E-state index in [4.69, 9.17) is 4.74 Å². The third kappa shape index (κ3) is 3.62. The molecule has 1 aliphatic heterocycles. The Bertz CT molecular complexity index is 684. The first-order chi connectivity index (χ1) is 12.9. The number of amides is 1. The highest BCUT2D eigenvalue weighted by molar-refractivity contribution is 8.16. The van der Waals surface area contributed by atoms with Gasteiger partial charge in [-0.1, -0.05) is 32.9 Å². The lowest BCUT2D eigenvalue weighted by Crippen LogP contribution is -2.48. The minimum absolute atomic E-state index is 0.00652. The maximum absolute atomic E-state index is 12.5. The Morgan fingerprint density at radius 1 is 1.19 bits per heavy atom. The van der Waals surface area contributed by atoms with Crippen LogP contribution >= 0.6 is 23.5 Å². The molecule has 1 aromatic rings. The van der Waals surface area contributed by atoms with Crippen LogP contribution in [0.4, 0.5) is 0 Å². The van der Waals surface area contributed by atoms with E-state index in [1.54, 1.807) is 0 Å². The van der Waals surface area contributed by atoms with Crippen LogP contribution in [0.1, 0.15) is 56.6 Å². The van der Waals surface area contributed by atoms with E-state index in [-0.39, 0.29) is 24.0 Å². The van der Waals surface area contributed by atoms with Gasteiger partial charge in [-0.25, -0.2) is 0 Å². The Labute approximate surface area is 171 Å². The van der Waals surface area contributed by atoms with Gasteiger partial charge in [-0.15, -0.1) is 23.5 Å². The molecule has 148 valence electrons. The Balaban J connectivity index is 1.28.